The van der Waals surface area contributed by atoms with Crippen molar-refractivity contribution in [2.75, 3.05) is 0 Å². The third-order valence-electron chi connectivity index (χ3n) is 0.980. The zero-order valence-corrected chi connectivity index (χ0v) is 5.84. The van der Waals surface area contributed by atoms with Crippen molar-refractivity contribution in [2.24, 2.45) is 5.18 Å². The quantitative estimate of drug-likeness (QED) is 0.639. The summed E-state index contributed by atoms with van der Waals surface area (Å²) in [4.78, 5) is 9.82. The van der Waals surface area contributed by atoms with Crippen molar-refractivity contribution in [3.8, 4) is 5.75 Å². The fourth-order valence-corrected chi connectivity index (χ4v) is 0.541. The third-order valence-corrected chi connectivity index (χ3v) is 0.980. The van der Waals surface area contributed by atoms with Gasteiger partial charge in [0.25, 0.3) is 0 Å². The summed E-state index contributed by atoms with van der Waals surface area (Å²) < 4.78 is 0. The molecule has 3 nitrogen and oxygen atoms in total. The number of halogens is 1. The number of hydrogen-bond donors (Lipinski definition) is 1. The number of hydrogen-bond acceptors (Lipinski definition) is 3. The molecule has 0 bridgehead atoms. The minimum atomic E-state index is -0.0764. The van der Waals surface area contributed by atoms with Crippen LogP contribution >= 0.6 is 12.4 Å². The Balaban J connectivity index is 0.000000810. The monoisotopic (exact) mass is 159 g/mol. The minimum absolute atomic E-state index is 0. The molecule has 0 aliphatic carbocycles. The van der Waals surface area contributed by atoms with Gasteiger partial charge < -0.3 is 5.11 Å². The second-order valence-corrected chi connectivity index (χ2v) is 1.58. The predicted molar refractivity (Wildman–Crippen MR) is 40.8 cm³/mol. The van der Waals surface area contributed by atoms with Gasteiger partial charge in [0.05, 0.1) is 0 Å². The lowest BCUT2D eigenvalue weighted by molar-refractivity contribution is 0.477. The third kappa shape index (κ3) is 1.70. The molecule has 0 saturated heterocycles. The number of phenolic OH excluding ortho intramolecular Hbond substituents is 1. The van der Waals surface area contributed by atoms with Crippen molar-refractivity contribution in [2.45, 2.75) is 0 Å². The second kappa shape index (κ2) is 3.85. The van der Waals surface area contributed by atoms with Crippen LogP contribution in [0.2, 0.25) is 0 Å². The molecule has 1 aromatic carbocycles. The van der Waals surface area contributed by atoms with Gasteiger partial charge >= 0.3 is 0 Å². The van der Waals surface area contributed by atoms with Crippen molar-refractivity contribution in [1.82, 2.24) is 0 Å². The highest BCUT2D eigenvalue weighted by molar-refractivity contribution is 5.85. The van der Waals surface area contributed by atoms with Crippen LogP contribution in [0.4, 0.5) is 5.69 Å². The molecule has 1 N–H and O–H groups in total. The number of nitrogens with zero attached hydrogens (tertiary/aromatic N) is 1. The number of nitroso groups, excluding NO2 is 1. The van der Waals surface area contributed by atoms with Gasteiger partial charge in [-0.1, -0.05) is 12.1 Å². The Hall–Kier alpha value is -1.09. The number of para-hydroxylation sites is 1. The van der Waals surface area contributed by atoms with Gasteiger partial charge in [0.2, 0.25) is 0 Å². The highest BCUT2D eigenvalue weighted by atomic mass is 35.5. The SMILES string of the molecule is Cl.O=Nc1ccccc1O. The van der Waals surface area contributed by atoms with E-state index >= 15 is 0 Å². The highest BCUT2D eigenvalue weighted by Gasteiger charge is 1.94. The van der Waals surface area contributed by atoms with Gasteiger partial charge in [0, 0.05) is 0 Å². The first kappa shape index (κ1) is 8.91. The molecule has 1 rings (SSSR count). The molecule has 0 saturated carbocycles. The van der Waals surface area contributed by atoms with Gasteiger partial charge in [-0.3, -0.25) is 0 Å². The molecule has 0 heterocycles. The normalized spacial score (nSPS) is 8.00. The summed E-state index contributed by atoms with van der Waals surface area (Å²) in [5.41, 5.74) is 0.0810. The van der Waals surface area contributed by atoms with Crippen molar-refractivity contribution in [1.29, 1.82) is 0 Å². The number of rotatable bonds is 1. The van der Waals surface area contributed by atoms with Crippen LogP contribution in [-0.4, -0.2) is 5.11 Å². The summed E-state index contributed by atoms with van der Waals surface area (Å²) in [6, 6.07) is 6.12. The fraction of sp³-hybridized carbons (Fsp3) is 0. The molecule has 1 aromatic rings. The van der Waals surface area contributed by atoms with E-state index in [-0.39, 0.29) is 23.8 Å². The first-order valence-corrected chi connectivity index (χ1v) is 2.46. The van der Waals surface area contributed by atoms with Crippen LogP contribution in [0.1, 0.15) is 0 Å². The topological polar surface area (TPSA) is 49.7 Å². The molecular weight excluding hydrogens is 154 g/mol. The summed E-state index contributed by atoms with van der Waals surface area (Å²) in [6.07, 6.45) is 0. The van der Waals surface area contributed by atoms with E-state index in [1.165, 1.54) is 12.1 Å². The molecule has 0 spiro atoms. The minimum Gasteiger partial charge on any atom is -0.506 e. The number of benzene rings is 1. The molecular formula is C6H6ClNO2. The Labute approximate surface area is 64.1 Å². The summed E-state index contributed by atoms with van der Waals surface area (Å²) in [6.45, 7) is 0. The van der Waals surface area contributed by atoms with Crippen LogP contribution in [0.15, 0.2) is 29.4 Å². The first-order chi connectivity index (χ1) is 4.34. The van der Waals surface area contributed by atoms with Crippen molar-refractivity contribution in [3.05, 3.63) is 29.2 Å². The van der Waals surface area contributed by atoms with E-state index in [0.717, 1.165) is 0 Å². The van der Waals surface area contributed by atoms with Crippen LogP contribution in [-0.2, 0) is 0 Å². The van der Waals surface area contributed by atoms with E-state index in [9.17, 15) is 4.91 Å². The zero-order chi connectivity index (χ0) is 6.69. The van der Waals surface area contributed by atoms with Crippen molar-refractivity contribution >= 4 is 18.1 Å². The van der Waals surface area contributed by atoms with E-state index in [0.29, 0.717) is 0 Å². The van der Waals surface area contributed by atoms with Crippen LogP contribution in [0.5, 0.6) is 5.75 Å². The molecule has 0 aliphatic rings. The lowest BCUT2D eigenvalue weighted by Gasteiger charge is -1.89. The maximum absolute atomic E-state index is 9.82. The number of aromatic hydroxyl groups is 1. The van der Waals surface area contributed by atoms with E-state index in [2.05, 4.69) is 5.18 Å². The van der Waals surface area contributed by atoms with Crippen LogP contribution in [0, 0.1) is 4.91 Å². The lowest BCUT2D eigenvalue weighted by Crippen LogP contribution is -1.63. The molecule has 0 unspecified atom stereocenters. The Kier molecular flexibility index (Phi) is 3.43. The van der Waals surface area contributed by atoms with Gasteiger partial charge in [-0.15, -0.1) is 17.3 Å². The maximum atomic E-state index is 9.82. The Bertz CT molecular complexity index is 227. The summed E-state index contributed by atoms with van der Waals surface area (Å²) >= 11 is 0. The van der Waals surface area contributed by atoms with E-state index in [1.54, 1.807) is 12.1 Å². The average Bonchev–Trinajstić information content (AvgIpc) is 1.89. The van der Waals surface area contributed by atoms with Crippen LogP contribution in [0.3, 0.4) is 0 Å². The predicted octanol–water partition coefficient (Wildman–Crippen LogP) is 2.21. The Morgan fingerprint density at radius 1 is 1.30 bits per heavy atom. The molecule has 0 fully saturated rings. The lowest BCUT2D eigenvalue weighted by atomic mass is 10.3. The summed E-state index contributed by atoms with van der Waals surface area (Å²) in [5.74, 6) is -0.0764. The van der Waals surface area contributed by atoms with Gasteiger partial charge in [0.1, 0.15) is 11.4 Å². The van der Waals surface area contributed by atoms with E-state index < -0.39 is 0 Å². The molecule has 0 atom stereocenters. The largest absolute Gasteiger partial charge is 0.506 e. The smallest absolute Gasteiger partial charge is 0.149 e. The number of phenols is 1. The summed E-state index contributed by atoms with van der Waals surface area (Å²) in [7, 11) is 0. The molecule has 0 amide bonds. The average molecular weight is 160 g/mol. The van der Waals surface area contributed by atoms with Crippen LogP contribution < -0.4 is 0 Å². The first-order valence-electron chi connectivity index (χ1n) is 2.46. The fourth-order valence-electron chi connectivity index (χ4n) is 0.541. The van der Waals surface area contributed by atoms with Gasteiger partial charge in [0.15, 0.2) is 0 Å². The Morgan fingerprint density at radius 2 is 1.90 bits per heavy atom. The molecule has 10 heavy (non-hydrogen) atoms. The second-order valence-electron chi connectivity index (χ2n) is 1.58. The standard InChI is InChI=1S/C6H5NO2.ClH/c8-6-4-2-1-3-5(6)7-9;/h1-4,8H;1H. The van der Waals surface area contributed by atoms with Crippen LogP contribution in [0.25, 0.3) is 0 Å². The van der Waals surface area contributed by atoms with E-state index in [1.807, 2.05) is 0 Å². The van der Waals surface area contributed by atoms with E-state index in [4.69, 9.17) is 5.11 Å². The molecule has 0 aliphatic heterocycles. The molecule has 0 radical (unpaired) electrons. The molecule has 4 heteroatoms. The van der Waals surface area contributed by atoms with Gasteiger partial charge in [-0.05, 0) is 17.3 Å². The summed E-state index contributed by atoms with van der Waals surface area (Å²) in [5, 5.41) is 11.4. The van der Waals surface area contributed by atoms with Crippen molar-refractivity contribution in [3.63, 3.8) is 0 Å². The van der Waals surface area contributed by atoms with Gasteiger partial charge in [-0.25, -0.2) is 0 Å². The zero-order valence-electron chi connectivity index (χ0n) is 5.02. The van der Waals surface area contributed by atoms with Crippen molar-refractivity contribution < 1.29 is 5.11 Å². The Morgan fingerprint density at radius 3 is 2.30 bits per heavy atom. The van der Waals surface area contributed by atoms with Gasteiger partial charge in [-0.2, -0.15) is 0 Å². The highest BCUT2D eigenvalue weighted by Crippen LogP contribution is 2.23. The molecule has 0 aromatic heterocycles. The maximum Gasteiger partial charge on any atom is 0.149 e. The molecule has 54 valence electrons.